The van der Waals surface area contributed by atoms with Crippen molar-refractivity contribution >= 4 is 21.8 Å². The second kappa shape index (κ2) is 7.94. The Labute approximate surface area is 139 Å². The lowest BCUT2D eigenvalue weighted by molar-refractivity contribution is -0.133. The Balaban J connectivity index is 2.03. The molecule has 22 heavy (non-hydrogen) atoms. The van der Waals surface area contributed by atoms with Gasteiger partial charge >= 0.3 is 0 Å². The number of rotatable bonds is 5. The van der Waals surface area contributed by atoms with E-state index in [1.807, 2.05) is 18.2 Å². The van der Waals surface area contributed by atoms with Gasteiger partial charge in [-0.2, -0.15) is 0 Å². The Morgan fingerprint density at radius 2 is 2.18 bits per heavy atom. The summed E-state index contributed by atoms with van der Waals surface area (Å²) in [5.41, 5.74) is 7.11. The van der Waals surface area contributed by atoms with E-state index >= 15 is 0 Å². The molecule has 2 N–H and O–H groups in total. The molecule has 0 radical (unpaired) electrons. The van der Waals surface area contributed by atoms with Gasteiger partial charge in [-0.15, -0.1) is 0 Å². The van der Waals surface area contributed by atoms with Crippen LogP contribution < -0.4 is 10.5 Å². The fourth-order valence-electron chi connectivity index (χ4n) is 2.74. The summed E-state index contributed by atoms with van der Waals surface area (Å²) in [6.45, 7) is 1.85. The molecule has 1 saturated heterocycles. The first-order chi connectivity index (χ1) is 10.5. The summed E-state index contributed by atoms with van der Waals surface area (Å²) in [6, 6.07) is 5.29. The summed E-state index contributed by atoms with van der Waals surface area (Å²) >= 11 is 3.45. The normalized spacial score (nSPS) is 17.1. The van der Waals surface area contributed by atoms with Gasteiger partial charge in [0.25, 0.3) is 0 Å². The van der Waals surface area contributed by atoms with E-state index in [1.54, 1.807) is 19.1 Å². The van der Waals surface area contributed by atoms with E-state index in [4.69, 9.17) is 15.2 Å². The highest BCUT2D eigenvalue weighted by Gasteiger charge is 2.28. The molecule has 1 aromatic rings. The quantitative estimate of drug-likeness (QED) is 0.862. The van der Waals surface area contributed by atoms with E-state index in [0.717, 1.165) is 28.6 Å². The number of carbonyl (C=O) groups is 1. The minimum Gasteiger partial charge on any atom is -0.496 e. The molecule has 1 fully saturated rings. The lowest BCUT2D eigenvalue weighted by atomic mass is 9.91. The van der Waals surface area contributed by atoms with Crippen LogP contribution in [0.3, 0.4) is 0 Å². The predicted molar refractivity (Wildman–Crippen MR) is 88.7 cm³/mol. The maximum atomic E-state index is 12.5. The van der Waals surface area contributed by atoms with Crippen LogP contribution in [0.2, 0.25) is 0 Å². The van der Waals surface area contributed by atoms with Gasteiger partial charge in [0.2, 0.25) is 5.91 Å². The molecule has 0 aliphatic carbocycles. The number of hydrogen-bond donors (Lipinski definition) is 1. The van der Waals surface area contributed by atoms with Gasteiger partial charge in [-0.1, -0.05) is 15.9 Å². The molecule has 1 aliphatic heterocycles. The molecule has 1 aromatic carbocycles. The first kappa shape index (κ1) is 17.2. The van der Waals surface area contributed by atoms with Gasteiger partial charge in [0.05, 0.1) is 13.2 Å². The fraction of sp³-hybridized carbons (Fsp3) is 0.562. The molecule has 1 aliphatic rings. The minimum absolute atomic E-state index is 0.0334. The lowest BCUT2D eigenvalue weighted by Gasteiger charge is -2.30. The van der Waals surface area contributed by atoms with E-state index < -0.39 is 6.04 Å². The molecule has 0 saturated carbocycles. The van der Waals surface area contributed by atoms with Crippen molar-refractivity contribution in [1.29, 1.82) is 0 Å². The average molecular weight is 371 g/mol. The Hall–Kier alpha value is -1.11. The Bertz CT molecular complexity index is 518. The standard InChI is InChI=1S/C16H23BrN2O3/c1-19(10-12-9-13(17)3-4-14(12)21-2)16(20)15(18)11-5-7-22-8-6-11/h3-4,9,11,15H,5-8,10,18H2,1-2H3. The van der Waals surface area contributed by atoms with E-state index in [1.165, 1.54) is 0 Å². The fourth-order valence-corrected chi connectivity index (χ4v) is 3.14. The molecular formula is C16H23BrN2O3. The van der Waals surface area contributed by atoms with Crippen LogP contribution in [0, 0.1) is 5.92 Å². The van der Waals surface area contributed by atoms with E-state index in [9.17, 15) is 4.79 Å². The van der Waals surface area contributed by atoms with Crippen LogP contribution in [-0.2, 0) is 16.1 Å². The summed E-state index contributed by atoms with van der Waals surface area (Å²) in [5.74, 6) is 0.935. The SMILES string of the molecule is COc1ccc(Br)cc1CN(C)C(=O)C(N)C1CCOCC1. The third-order valence-electron chi connectivity index (χ3n) is 4.09. The number of halogens is 1. The smallest absolute Gasteiger partial charge is 0.239 e. The zero-order valence-corrected chi connectivity index (χ0v) is 14.6. The Kier molecular flexibility index (Phi) is 6.23. The number of ether oxygens (including phenoxy) is 2. The van der Waals surface area contributed by atoms with Crippen LogP contribution in [0.5, 0.6) is 5.75 Å². The van der Waals surface area contributed by atoms with Gasteiger partial charge in [0, 0.05) is 36.8 Å². The third kappa shape index (κ3) is 4.21. The molecule has 122 valence electrons. The molecule has 0 spiro atoms. The van der Waals surface area contributed by atoms with Crippen molar-refractivity contribution in [3.05, 3.63) is 28.2 Å². The number of amides is 1. The molecule has 0 bridgehead atoms. The number of benzene rings is 1. The second-order valence-corrected chi connectivity index (χ2v) is 6.54. The monoisotopic (exact) mass is 370 g/mol. The van der Waals surface area contributed by atoms with Crippen molar-refractivity contribution in [2.24, 2.45) is 11.7 Å². The van der Waals surface area contributed by atoms with Crippen LogP contribution in [0.4, 0.5) is 0 Å². The molecule has 1 atom stereocenters. The molecule has 2 rings (SSSR count). The van der Waals surface area contributed by atoms with Crippen LogP contribution in [-0.4, -0.2) is 44.2 Å². The highest BCUT2D eigenvalue weighted by atomic mass is 79.9. The summed E-state index contributed by atoms with van der Waals surface area (Å²) in [6.07, 6.45) is 1.70. The van der Waals surface area contributed by atoms with Crippen molar-refractivity contribution < 1.29 is 14.3 Å². The summed E-state index contributed by atoms with van der Waals surface area (Å²) in [4.78, 5) is 14.2. The first-order valence-corrected chi connectivity index (χ1v) is 8.23. The van der Waals surface area contributed by atoms with Crippen LogP contribution in [0.15, 0.2) is 22.7 Å². The van der Waals surface area contributed by atoms with Crippen molar-refractivity contribution in [1.82, 2.24) is 4.90 Å². The molecule has 1 amide bonds. The predicted octanol–water partition coefficient (Wildman–Crippen LogP) is 2.17. The number of methoxy groups -OCH3 is 1. The van der Waals surface area contributed by atoms with Crippen LogP contribution >= 0.6 is 15.9 Å². The van der Waals surface area contributed by atoms with E-state index in [2.05, 4.69) is 15.9 Å². The zero-order valence-electron chi connectivity index (χ0n) is 13.0. The van der Waals surface area contributed by atoms with Crippen LogP contribution in [0.1, 0.15) is 18.4 Å². The molecule has 6 heteroatoms. The number of carbonyl (C=O) groups excluding carboxylic acids is 1. The number of nitrogens with two attached hydrogens (primary N) is 1. The summed E-state index contributed by atoms with van der Waals surface area (Å²) < 4.78 is 11.6. The first-order valence-electron chi connectivity index (χ1n) is 7.43. The topological polar surface area (TPSA) is 64.8 Å². The Morgan fingerprint density at radius 1 is 1.50 bits per heavy atom. The molecule has 1 unspecified atom stereocenters. The van der Waals surface area contributed by atoms with Gasteiger partial charge in [-0.05, 0) is 37.0 Å². The molecule has 1 heterocycles. The zero-order chi connectivity index (χ0) is 16.1. The van der Waals surface area contributed by atoms with Gasteiger partial charge in [0.15, 0.2) is 0 Å². The number of nitrogens with zero attached hydrogens (tertiary/aromatic N) is 1. The molecule has 5 nitrogen and oxygen atoms in total. The van der Waals surface area contributed by atoms with E-state index in [-0.39, 0.29) is 11.8 Å². The minimum atomic E-state index is -0.466. The Morgan fingerprint density at radius 3 is 2.82 bits per heavy atom. The maximum absolute atomic E-state index is 12.5. The number of hydrogen-bond acceptors (Lipinski definition) is 4. The lowest BCUT2D eigenvalue weighted by Crippen LogP contribution is -2.47. The third-order valence-corrected chi connectivity index (χ3v) is 4.58. The van der Waals surface area contributed by atoms with Gasteiger partial charge in [0.1, 0.15) is 5.75 Å². The van der Waals surface area contributed by atoms with Crippen molar-refractivity contribution in [2.75, 3.05) is 27.4 Å². The second-order valence-electron chi connectivity index (χ2n) is 5.63. The molecule has 0 aromatic heterocycles. The van der Waals surface area contributed by atoms with Crippen molar-refractivity contribution in [3.63, 3.8) is 0 Å². The number of likely N-dealkylation sites (N-methyl/N-ethyl adjacent to an activating group) is 1. The van der Waals surface area contributed by atoms with Gasteiger partial charge in [-0.25, -0.2) is 0 Å². The molecular weight excluding hydrogens is 348 g/mol. The maximum Gasteiger partial charge on any atom is 0.239 e. The largest absolute Gasteiger partial charge is 0.496 e. The van der Waals surface area contributed by atoms with Crippen LogP contribution in [0.25, 0.3) is 0 Å². The highest BCUT2D eigenvalue weighted by molar-refractivity contribution is 9.10. The van der Waals surface area contributed by atoms with Gasteiger partial charge < -0.3 is 20.1 Å². The summed E-state index contributed by atoms with van der Waals surface area (Å²) in [7, 11) is 3.41. The van der Waals surface area contributed by atoms with Crippen molar-refractivity contribution in [2.45, 2.75) is 25.4 Å². The van der Waals surface area contributed by atoms with Crippen molar-refractivity contribution in [3.8, 4) is 5.75 Å². The highest BCUT2D eigenvalue weighted by Crippen LogP contribution is 2.25. The average Bonchev–Trinajstić information content (AvgIpc) is 2.54. The summed E-state index contributed by atoms with van der Waals surface area (Å²) in [5, 5.41) is 0. The van der Waals surface area contributed by atoms with Gasteiger partial charge in [-0.3, -0.25) is 4.79 Å². The van der Waals surface area contributed by atoms with E-state index in [0.29, 0.717) is 19.8 Å².